The molecule has 0 spiro atoms. The summed E-state index contributed by atoms with van der Waals surface area (Å²) in [6.07, 6.45) is -3.75. The van der Waals surface area contributed by atoms with Crippen molar-refractivity contribution < 1.29 is 36.2 Å². The summed E-state index contributed by atoms with van der Waals surface area (Å²) >= 11 is 0. The van der Waals surface area contributed by atoms with E-state index >= 15 is 0 Å². The average molecular weight is 380 g/mol. The Bertz CT molecular complexity index is 798. The Morgan fingerprint density at radius 1 is 1.44 bits per heavy atom. The second-order valence-corrected chi connectivity index (χ2v) is 8.05. The molecule has 0 bridgehead atoms. The van der Waals surface area contributed by atoms with Crippen molar-refractivity contribution in [3.63, 3.8) is 0 Å². The van der Waals surface area contributed by atoms with Gasteiger partial charge in [-0.25, -0.2) is 8.42 Å². The number of hydrogen-bond acceptors (Lipinski definition) is 5. The maximum atomic E-state index is 13.1. The predicted octanol–water partition coefficient (Wildman–Crippen LogP) is 1.21. The molecule has 25 heavy (non-hydrogen) atoms. The Labute approximate surface area is 141 Å². The number of aliphatic carboxylic acids is 1. The monoisotopic (exact) mass is 380 g/mol. The second kappa shape index (κ2) is 5.92. The molecule has 1 aromatic rings. The van der Waals surface area contributed by atoms with Crippen LogP contribution in [0, 0.1) is 11.3 Å². The van der Waals surface area contributed by atoms with Crippen molar-refractivity contribution in [2.75, 3.05) is 26.3 Å². The van der Waals surface area contributed by atoms with Crippen LogP contribution in [0.15, 0.2) is 23.2 Å². The van der Waals surface area contributed by atoms with Crippen molar-refractivity contribution in [3.8, 4) is 0 Å². The van der Waals surface area contributed by atoms with Crippen LogP contribution < -0.4 is 0 Å². The summed E-state index contributed by atoms with van der Waals surface area (Å²) < 4.78 is 70.8. The standard InChI is InChI=1S/C14H15F3N2O5S/c15-14(16,17)11-10(2-1-4-18-11)25(22,23)19-6-9-3-5-24-8-13(9,7-19)12(20)21/h1-2,4,9H,3,5-8H2,(H,20,21)/t9-,13+/m0/s1. The minimum absolute atomic E-state index is 0.163. The van der Waals surface area contributed by atoms with E-state index in [1.807, 2.05) is 0 Å². The maximum absolute atomic E-state index is 13.1. The van der Waals surface area contributed by atoms with Crippen LogP contribution in [0.5, 0.6) is 0 Å². The number of ether oxygens (including phenoxy) is 1. The third-order valence-corrected chi connectivity index (χ3v) is 6.56. The summed E-state index contributed by atoms with van der Waals surface area (Å²) in [7, 11) is -4.55. The second-order valence-electron chi connectivity index (χ2n) is 6.14. The first-order chi connectivity index (χ1) is 11.6. The topological polar surface area (TPSA) is 96.8 Å². The van der Waals surface area contributed by atoms with Crippen molar-refractivity contribution in [1.82, 2.24) is 9.29 Å². The molecule has 2 fully saturated rings. The van der Waals surface area contributed by atoms with Crippen LogP contribution in [0.1, 0.15) is 12.1 Å². The van der Waals surface area contributed by atoms with E-state index in [9.17, 15) is 31.5 Å². The van der Waals surface area contributed by atoms with Crippen LogP contribution in [0.25, 0.3) is 0 Å². The summed E-state index contributed by atoms with van der Waals surface area (Å²) in [6, 6.07) is 1.93. The maximum Gasteiger partial charge on any atom is 0.434 e. The smallest absolute Gasteiger partial charge is 0.434 e. The van der Waals surface area contributed by atoms with Gasteiger partial charge in [0.2, 0.25) is 10.0 Å². The number of nitrogens with zero attached hydrogens (tertiary/aromatic N) is 2. The largest absolute Gasteiger partial charge is 0.481 e. The zero-order chi connectivity index (χ0) is 18.5. The first-order valence-electron chi connectivity index (χ1n) is 7.42. The molecule has 2 aliphatic rings. The lowest BCUT2D eigenvalue weighted by Crippen LogP contribution is -2.46. The fourth-order valence-electron chi connectivity index (χ4n) is 3.38. The molecule has 0 radical (unpaired) electrons. The fraction of sp³-hybridized carbons (Fsp3) is 0.571. The van der Waals surface area contributed by atoms with Crippen molar-refractivity contribution >= 4 is 16.0 Å². The van der Waals surface area contributed by atoms with Gasteiger partial charge in [0.1, 0.15) is 10.3 Å². The third kappa shape index (κ3) is 2.89. The Hall–Kier alpha value is -1.72. The molecule has 0 aromatic carbocycles. The lowest BCUT2D eigenvalue weighted by atomic mass is 9.76. The summed E-state index contributed by atoms with van der Waals surface area (Å²) in [5.41, 5.74) is -2.95. The van der Waals surface area contributed by atoms with Gasteiger partial charge in [0.15, 0.2) is 5.69 Å². The summed E-state index contributed by atoms with van der Waals surface area (Å²) in [5.74, 6) is -1.73. The van der Waals surface area contributed by atoms with Gasteiger partial charge in [-0.15, -0.1) is 0 Å². The lowest BCUT2D eigenvalue weighted by molar-refractivity contribution is -0.159. The number of carboxylic acids is 1. The number of hydrogen-bond donors (Lipinski definition) is 1. The van der Waals surface area contributed by atoms with Crippen LogP contribution >= 0.6 is 0 Å². The molecule has 2 atom stereocenters. The number of rotatable bonds is 3. The van der Waals surface area contributed by atoms with Crippen molar-refractivity contribution in [2.24, 2.45) is 11.3 Å². The number of halogens is 3. The molecule has 1 aromatic heterocycles. The molecule has 2 aliphatic heterocycles. The SMILES string of the molecule is O=C(O)[C@]12COCC[C@H]1CN(S(=O)(=O)c1cccnc1C(F)(F)F)C2. The van der Waals surface area contributed by atoms with E-state index < -0.39 is 50.6 Å². The normalized spacial score (nSPS) is 27.9. The highest BCUT2D eigenvalue weighted by molar-refractivity contribution is 7.89. The zero-order valence-electron chi connectivity index (χ0n) is 12.9. The van der Waals surface area contributed by atoms with Gasteiger partial charge in [0.25, 0.3) is 0 Å². The number of fused-ring (bicyclic) bond motifs is 1. The van der Waals surface area contributed by atoms with Crippen molar-refractivity contribution in [2.45, 2.75) is 17.5 Å². The molecule has 0 amide bonds. The Kier molecular flexibility index (Phi) is 4.28. The predicted molar refractivity (Wildman–Crippen MR) is 77.0 cm³/mol. The highest BCUT2D eigenvalue weighted by Gasteiger charge is 2.57. The van der Waals surface area contributed by atoms with E-state index in [4.69, 9.17) is 4.74 Å². The molecule has 3 heterocycles. The van der Waals surface area contributed by atoms with Gasteiger partial charge in [0, 0.05) is 25.9 Å². The number of carboxylic acid groups (broad SMARTS) is 1. The first kappa shape index (κ1) is 18.1. The van der Waals surface area contributed by atoms with E-state index in [-0.39, 0.29) is 19.8 Å². The van der Waals surface area contributed by atoms with E-state index in [1.165, 1.54) is 0 Å². The molecule has 2 saturated heterocycles. The van der Waals surface area contributed by atoms with Crippen LogP contribution in [0.2, 0.25) is 0 Å². The molecule has 3 rings (SSSR count). The van der Waals surface area contributed by atoms with E-state index in [2.05, 4.69) is 4.98 Å². The van der Waals surface area contributed by atoms with Crippen molar-refractivity contribution in [1.29, 1.82) is 0 Å². The molecule has 0 aliphatic carbocycles. The van der Waals surface area contributed by atoms with Gasteiger partial charge in [-0.1, -0.05) is 0 Å². The molecule has 0 saturated carbocycles. The Morgan fingerprint density at radius 2 is 2.16 bits per heavy atom. The van der Waals surface area contributed by atoms with Gasteiger partial charge >= 0.3 is 12.1 Å². The van der Waals surface area contributed by atoms with Crippen LogP contribution in [0.3, 0.4) is 0 Å². The number of alkyl halides is 3. The highest BCUT2D eigenvalue weighted by atomic mass is 32.2. The Balaban J connectivity index is 2.02. The fourth-order valence-corrected chi connectivity index (χ4v) is 5.10. The third-order valence-electron chi connectivity index (χ3n) is 4.72. The first-order valence-corrected chi connectivity index (χ1v) is 8.86. The summed E-state index contributed by atoms with van der Waals surface area (Å²) in [6.45, 7) is -0.474. The van der Waals surface area contributed by atoms with E-state index in [1.54, 1.807) is 0 Å². The van der Waals surface area contributed by atoms with Crippen LogP contribution in [-0.4, -0.2) is 55.1 Å². The summed E-state index contributed by atoms with van der Waals surface area (Å²) in [5, 5.41) is 9.54. The highest BCUT2D eigenvalue weighted by Crippen LogP contribution is 2.44. The zero-order valence-corrected chi connectivity index (χ0v) is 13.7. The average Bonchev–Trinajstić information content (AvgIpc) is 2.96. The minimum atomic E-state index is -4.94. The quantitative estimate of drug-likeness (QED) is 0.847. The molecule has 1 N–H and O–H groups in total. The van der Waals surface area contributed by atoms with E-state index in [0.29, 0.717) is 6.42 Å². The van der Waals surface area contributed by atoms with Crippen molar-refractivity contribution in [3.05, 3.63) is 24.0 Å². The minimum Gasteiger partial charge on any atom is -0.481 e. The van der Waals surface area contributed by atoms with E-state index in [0.717, 1.165) is 22.6 Å². The van der Waals surface area contributed by atoms with Gasteiger partial charge in [-0.3, -0.25) is 9.78 Å². The molecular formula is C14H15F3N2O5S. The van der Waals surface area contributed by atoms with Gasteiger partial charge in [-0.2, -0.15) is 17.5 Å². The molecular weight excluding hydrogens is 365 g/mol. The molecule has 11 heteroatoms. The summed E-state index contributed by atoms with van der Waals surface area (Å²) in [4.78, 5) is 13.9. The van der Waals surface area contributed by atoms with Gasteiger partial charge in [0.05, 0.1) is 6.61 Å². The Morgan fingerprint density at radius 3 is 2.76 bits per heavy atom. The van der Waals surface area contributed by atoms with Gasteiger partial charge in [-0.05, 0) is 24.5 Å². The number of carbonyl (C=O) groups is 1. The number of aromatic nitrogens is 1. The molecule has 7 nitrogen and oxygen atoms in total. The van der Waals surface area contributed by atoms with Gasteiger partial charge < -0.3 is 9.84 Å². The van der Waals surface area contributed by atoms with Crippen LogP contribution in [0.4, 0.5) is 13.2 Å². The molecule has 0 unspecified atom stereocenters. The van der Waals surface area contributed by atoms with Crippen LogP contribution in [-0.2, 0) is 25.7 Å². The number of sulfonamides is 1. The lowest BCUT2D eigenvalue weighted by Gasteiger charge is -2.34. The number of pyridine rings is 1. The molecule has 138 valence electrons.